The van der Waals surface area contributed by atoms with Crippen molar-refractivity contribution in [3.05, 3.63) is 58.7 Å². The summed E-state index contributed by atoms with van der Waals surface area (Å²) in [7, 11) is 1.89. The van der Waals surface area contributed by atoms with Gasteiger partial charge in [-0.2, -0.15) is 0 Å². The van der Waals surface area contributed by atoms with Crippen molar-refractivity contribution in [2.24, 2.45) is 4.99 Å². The van der Waals surface area contributed by atoms with Gasteiger partial charge in [0, 0.05) is 31.5 Å². The fraction of sp³-hybridized carbons (Fsp3) is 0.350. The van der Waals surface area contributed by atoms with Gasteiger partial charge in [0.2, 0.25) is 5.96 Å². The van der Waals surface area contributed by atoms with Crippen molar-refractivity contribution in [2.45, 2.75) is 27.7 Å². The molecule has 2 aromatic rings. The van der Waals surface area contributed by atoms with Crippen LogP contribution in [0.15, 0.2) is 41.4 Å². The van der Waals surface area contributed by atoms with Crippen LogP contribution < -0.4 is 9.80 Å². The maximum absolute atomic E-state index is 4.64. The minimum absolute atomic E-state index is 0. The maximum Gasteiger partial charge on any atom is 0.205 e. The molecular weight excluding hydrogens is 409 g/mol. The van der Waals surface area contributed by atoms with E-state index in [1.807, 2.05) is 7.05 Å². The molecular formula is C20H26IN3. The van der Waals surface area contributed by atoms with Crippen molar-refractivity contribution in [2.75, 3.05) is 29.9 Å². The Balaban J connectivity index is 0.00000208. The fourth-order valence-corrected chi connectivity index (χ4v) is 3.67. The van der Waals surface area contributed by atoms with Gasteiger partial charge in [0.15, 0.2) is 0 Å². The molecule has 0 bridgehead atoms. The molecule has 0 aliphatic carbocycles. The van der Waals surface area contributed by atoms with Crippen LogP contribution in [0.3, 0.4) is 0 Å². The van der Waals surface area contributed by atoms with E-state index >= 15 is 0 Å². The number of anilines is 2. The first-order chi connectivity index (χ1) is 11.0. The van der Waals surface area contributed by atoms with E-state index in [2.05, 4.69) is 78.9 Å². The van der Waals surface area contributed by atoms with E-state index < -0.39 is 0 Å². The summed E-state index contributed by atoms with van der Waals surface area (Å²) in [5, 5.41) is 0. The largest absolute Gasteiger partial charge is 0.310 e. The average molecular weight is 435 g/mol. The van der Waals surface area contributed by atoms with Crippen LogP contribution in [0.1, 0.15) is 22.3 Å². The van der Waals surface area contributed by atoms with Crippen LogP contribution in [-0.4, -0.2) is 26.1 Å². The van der Waals surface area contributed by atoms with Gasteiger partial charge in [0.05, 0.1) is 0 Å². The second-order valence-electron chi connectivity index (χ2n) is 6.31. The molecule has 0 unspecified atom stereocenters. The van der Waals surface area contributed by atoms with Gasteiger partial charge < -0.3 is 9.80 Å². The summed E-state index contributed by atoms with van der Waals surface area (Å²) in [6.07, 6.45) is 0. The first kappa shape index (κ1) is 18.8. The number of hydrogen-bond acceptors (Lipinski definition) is 1. The van der Waals surface area contributed by atoms with E-state index in [0.717, 1.165) is 19.0 Å². The third kappa shape index (κ3) is 3.16. The van der Waals surface area contributed by atoms with Gasteiger partial charge >= 0.3 is 0 Å². The lowest BCUT2D eigenvalue weighted by molar-refractivity contribution is 1.01. The lowest BCUT2D eigenvalue weighted by Gasteiger charge is -2.27. The third-order valence-corrected chi connectivity index (χ3v) is 4.65. The molecule has 3 rings (SSSR count). The molecule has 1 heterocycles. The topological polar surface area (TPSA) is 18.8 Å². The zero-order valence-electron chi connectivity index (χ0n) is 15.1. The summed E-state index contributed by atoms with van der Waals surface area (Å²) < 4.78 is 0. The van der Waals surface area contributed by atoms with Gasteiger partial charge in [-0.05, 0) is 49.9 Å². The van der Waals surface area contributed by atoms with Gasteiger partial charge in [-0.3, -0.25) is 4.99 Å². The number of halogens is 1. The van der Waals surface area contributed by atoms with E-state index in [1.54, 1.807) is 0 Å². The summed E-state index contributed by atoms with van der Waals surface area (Å²) in [5.41, 5.74) is 7.79. The lowest BCUT2D eigenvalue weighted by Crippen LogP contribution is -2.35. The Kier molecular flexibility index (Phi) is 5.91. The summed E-state index contributed by atoms with van der Waals surface area (Å²) in [6.45, 7) is 10.6. The molecule has 0 N–H and O–H groups in total. The van der Waals surface area contributed by atoms with Crippen LogP contribution in [0.2, 0.25) is 0 Å². The summed E-state index contributed by atoms with van der Waals surface area (Å²) in [4.78, 5) is 9.35. The number of hydrogen-bond donors (Lipinski definition) is 0. The first-order valence-electron chi connectivity index (χ1n) is 8.19. The Bertz CT molecular complexity index is 665. The van der Waals surface area contributed by atoms with Crippen LogP contribution in [0.4, 0.5) is 11.4 Å². The number of aliphatic imine (C=N–C) groups is 1. The fourth-order valence-electron chi connectivity index (χ4n) is 3.67. The van der Waals surface area contributed by atoms with Crippen molar-refractivity contribution in [1.29, 1.82) is 0 Å². The van der Waals surface area contributed by atoms with Crippen LogP contribution in [0.25, 0.3) is 0 Å². The Morgan fingerprint density at radius 1 is 0.708 bits per heavy atom. The molecule has 0 radical (unpaired) electrons. The maximum atomic E-state index is 4.64. The van der Waals surface area contributed by atoms with Crippen molar-refractivity contribution < 1.29 is 0 Å². The van der Waals surface area contributed by atoms with Crippen molar-refractivity contribution >= 4 is 41.3 Å². The molecule has 24 heavy (non-hydrogen) atoms. The Labute approximate surface area is 162 Å². The van der Waals surface area contributed by atoms with E-state index in [9.17, 15) is 0 Å². The summed E-state index contributed by atoms with van der Waals surface area (Å²) in [5.74, 6) is 1.04. The Morgan fingerprint density at radius 3 is 1.33 bits per heavy atom. The van der Waals surface area contributed by atoms with E-state index in [4.69, 9.17) is 0 Å². The van der Waals surface area contributed by atoms with Crippen LogP contribution >= 0.6 is 24.0 Å². The summed E-state index contributed by atoms with van der Waals surface area (Å²) in [6, 6.07) is 13.0. The number of guanidine groups is 1. The smallest absolute Gasteiger partial charge is 0.205 e. The van der Waals surface area contributed by atoms with E-state index in [0.29, 0.717) is 0 Å². The Morgan fingerprint density at radius 2 is 1.04 bits per heavy atom. The lowest BCUT2D eigenvalue weighted by atomic mass is 10.1. The van der Waals surface area contributed by atoms with E-state index in [-0.39, 0.29) is 24.0 Å². The highest BCUT2D eigenvalue weighted by atomic mass is 127. The third-order valence-electron chi connectivity index (χ3n) is 4.65. The highest BCUT2D eigenvalue weighted by Crippen LogP contribution is 2.33. The normalized spacial score (nSPS) is 14.0. The number of para-hydroxylation sites is 2. The monoisotopic (exact) mass is 435 g/mol. The molecule has 128 valence electrons. The number of rotatable bonds is 2. The highest BCUT2D eigenvalue weighted by molar-refractivity contribution is 14.0. The SMILES string of the molecule is CN=C1N(c2c(C)cccc2C)CCN1c1c(C)cccc1C.I. The summed E-state index contributed by atoms with van der Waals surface area (Å²) >= 11 is 0. The van der Waals surface area contributed by atoms with Gasteiger partial charge in [-0.1, -0.05) is 36.4 Å². The van der Waals surface area contributed by atoms with E-state index in [1.165, 1.54) is 33.6 Å². The molecule has 2 aromatic carbocycles. The predicted octanol–water partition coefficient (Wildman–Crippen LogP) is 4.85. The molecule has 1 aliphatic heterocycles. The Hall–Kier alpha value is -1.56. The van der Waals surface area contributed by atoms with Crippen LogP contribution in [0.5, 0.6) is 0 Å². The number of benzene rings is 2. The van der Waals surface area contributed by atoms with Crippen molar-refractivity contribution in [1.82, 2.24) is 0 Å². The second kappa shape index (κ2) is 7.55. The molecule has 4 heteroatoms. The molecule has 3 nitrogen and oxygen atoms in total. The van der Waals surface area contributed by atoms with Gasteiger partial charge in [-0.25, -0.2) is 0 Å². The number of nitrogens with zero attached hydrogens (tertiary/aromatic N) is 3. The first-order valence-corrected chi connectivity index (χ1v) is 8.19. The van der Waals surface area contributed by atoms with Crippen LogP contribution in [0, 0.1) is 27.7 Å². The molecule has 0 atom stereocenters. The standard InChI is InChI=1S/C20H25N3.HI/c1-14-8-6-9-15(2)18(14)22-12-13-23(20(22)21-5)19-16(3)10-7-11-17(19)4;/h6-11H,12-13H2,1-5H3;1H. The molecule has 1 saturated heterocycles. The zero-order chi connectivity index (χ0) is 16.6. The van der Waals surface area contributed by atoms with Gasteiger partial charge in [-0.15, -0.1) is 24.0 Å². The molecule has 0 amide bonds. The molecule has 1 fully saturated rings. The molecule has 0 aromatic heterocycles. The van der Waals surface area contributed by atoms with Crippen molar-refractivity contribution in [3.8, 4) is 0 Å². The zero-order valence-corrected chi connectivity index (χ0v) is 17.5. The molecule has 1 aliphatic rings. The quantitative estimate of drug-likeness (QED) is 0.629. The van der Waals surface area contributed by atoms with Crippen molar-refractivity contribution in [3.63, 3.8) is 0 Å². The predicted molar refractivity (Wildman–Crippen MR) is 115 cm³/mol. The van der Waals surface area contributed by atoms with Gasteiger partial charge in [0.25, 0.3) is 0 Å². The van der Waals surface area contributed by atoms with Crippen LogP contribution in [-0.2, 0) is 0 Å². The number of aryl methyl sites for hydroxylation is 4. The second-order valence-corrected chi connectivity index (χ2v) is 6.31. The molecule has 0 spiro atoms. The minimum Gasteiger partial charge on any atom is -0.310 e. The average Bonchev–Trinajstić information content (AvgIpc) is 2.90. The minimum atomic E-state index is 0. The highest BCUT2D eigenvalue weighted by Gasteiger charge is 2.31. The van der Waals surface area contributed by atoms with Gasteiger partial charge in [0.1, 0.15) is 0 Å². The molecule has 0 saturated carbocycles.